The fourth-order valence-corrected chi connectivity index (χ4v) is 4.40. The Balaban J connectivity index is 2.46. The highest BCUT2D eigenvalue weighted by Crippen LogP contribution is 2.24. The van der Waals surface area contributed by atoms with Crippen LogP contribution in [-0.2, 0) is 16.6 Å². The molecule has 5 nitrogen and oxygen atoms in total. The van der Waals surface area contributed by atoms with Crippen LogP contribution in [0.25, 0.3) is 0 Å². The summed E-state index contributed by atoms with van der Waals surface area (Å²) in [5.41, 5.74) is -0.0747. The van der Waals surface area contributed by atoms with E-state index in [0.717, 1.165) is 4.88 Å². The van der Waals surface area contributed by atoms with Crippen molar-refractivity contribution >= 4 is 21.4 Å². The molecule has 2 aromatic heterocycles. The monoisotopic (exact) mass is 321 g/mol. The number of hydrogen-bond acceptors (Lipinski definition) is 5. The molecule has 110 valence electrons. The summed E-state index contributed by atoms with van der Waals surface area (Å²) in [5, 5.41) is 11.0. The van der Waals surface area contributed by atoms with Crippen molar-refractivity contribution in [2.24, 2.45) is 0 Å². The minimum Gasteiger partial charge on any atom is -0.244 e. The Morgan fingerprint density at radius 3 is 2.71 bits per heavy atom. The summed E-state index contributed by atoms with van der Waals surface area (Å²) >= 11 is 1.50. The molecular formula is C14H15N3O2S2. The average molecular weight is 321 g/mol. The standard InChI is InChI=1S/C14H15N3O2S2/c1-11(2)17(10-12-5-4-8-20-12)21(18,19)14-6-3-7-16-13(14)9-15/h3-8,11H,10H2,1-2H3. The molecular weight excluding hydrogens is 306 g/mol. The molecule has 7 heteroatoms. The van der Waals surface area contributed by atoms with Crippen molar-refractivity contribution in [2.75, 3.05) is 0 Å². The molecule has 0 spiro atoms. The van der Waals surface area contributed by atoms with Gasteiger partial charge in [-0.15, -0.1) is 11.3 Å². The number of aromatic nitrogens is 1. The van der Waals surface area contributed by atoms with E-state index < -0.39 is 10.0 Å². The summed E-state index contributed by atoms with van der Waals surface area (Å²) < 4.78 is 27.0. The van der Waals surface area contributed by atoms with Gasteiger partial charge in [0, 0.05) is 23.7 Å². The van der Waals surface area contributed by atoms with Crippen LogP contribution in [-0.4, -0.2) is 23.7 Å². The normalized spacial score (nSPS) is 11.8. The Hall–Kier alpha value is -1.75. The van der Waals surface area contributed by atoms with Gasteiger partial charge in [-0.05, 0) is 37.4 Å². The molecule has 2 heterocycles. The van der Waals surface area contributed by atoms with Crippen LogP contribution < -0.4 is 0 Å². The zero-order valence-electron chi connectivity index (χ0n) is 11.7. The lowest BCUT2D eigenvalue weighted by Gasteiger charge is -2.25. The summed E-state index contributed by atoms with van der Waals surface area (Å²) in [6, 6.07) is 8.35. The maximum absolute atomic E-state index is 12.8. The van der Waals surface area contributed by atoms with Crippen LogP contribution in [0.2, 0.25) is 0 Å². The van der Waals surface area contributed by atoms with E-state index in [1.807, 2.05) is 37.4 Å². The first-order chi connectivity index (χ1) is 9.96. The molecule has 0 aliphatic rings. The Labute approximate surface area is 128 Å². The number of pyridine rings is 1. The van der Waals surface area contributed by atoms with Crippen molar-refractivity contribution in [3.8, 4) is 6.07 Å². The first-order valence-corrected chi connectivity index (χ1v) is 8.68. The third kappa shape index (κ3) is 3.29. The van der Waals surface area contributed by atoms with E-state index in [-0.39, 0.29) is 23.2 Å². The van der Waals surface area contributed by atoms with E-state index in [0.29, 0.717) is 0 Å². The number of thiophene rings is 1. The van der Waals surface area contributed by atoms with Gasteiger partial charge < -0.3 is 0 Å². The highest BCUT2D eigenvalue weighted by atomic mass is 32.2. The van der Waals surface area contributed by atoms with E-state index in [4.69, 9.17) is 5.26 Å². The summed E-state index contributed by atoms with van der Waals surface area (Å²) in [7, 11) is -3.76. The van der Waals surface area contributed by atoms with Crippen molar-refractivity contribution in [1.82, 2.24) is 9.29 Å². The van der Waals surface area contributed by atoms with E-state index in [1.54, 1.807) is 0 Å². The van der Waals surface area contributed by atoms with Crippen LogP contribution in [0.4, 0.5) is 0 Å². The van der Waals surface area contributed by atoms with Gasteiger partial charge in [-0.1, -0.05) is 6.07 Å². The van der Waals surface area contributed by atoms with Gasteiger partial charge in [0.1, 0.15) is 11.0 Å². The Morgan fingerprint density at radius 2 is 2.14 bits per heavy atom. The summed E-state index contributed by atoms with van der Waals surface area (Å²) in [4.78, 5) is 4.75. The molecule has 0 bridgehead atoms. The third-order valence-corrected chi connectivity index (χ3v) is 5.85. The lowest BCUT2D eigenvalue weighted by atomic mass is 10.4. The zero-order valence-corrected chi connectivity index (χ0v) is 13.4. The molecule has 0 N–H and O–H groups in total. The van der Waals surface area contributed by atoms with Gasteiger partial charge in [-0.25, -0.2) is 13.4 Å². The molecule has 0 atom stereocenters. The number of nitriles is 1. The molecule has 0 radical (unpaired) electrons. The van der Waals surface area contributed by atoms with Crippen molar-refractivity contribution < 1.29 is 8.42 Å². The highest BCUT2D eigenvalue weighted by molar-refractivity contribution is 7.89. The molecule has 0 aliphatic heterocycles. The molecule has 0 saturated carbocycles. The minimum atomic E-state index is -3.76. The zero-order chi connectivity index (χ0) is 15.5. The fourth-order valence-electron chi connectivity index (χ4n) is 1.91. The summed E-state index contributed by atoms with van der Waals surface area (Å²) in [6.07, 6.45) is 1.41. The fraction of sp³-hybridized carbons (Fsp3) is 0.286. The second-order valence-electron chi connectivity index (χ2n) is 4.69. The third-order valence-electron chi connectivity index (χ3n) is 2.93. The predicted molar refractivity (Wildman–Crippen MR) is 81.1 cm³/mol. The Kier molecular flexibility index (Phi) is 4.73. The number of rotatable bonds is 5. The van der Waals surface area contributed by atoms with Crippen LogP contribution in [0.1, 0.15) is 24.4 Å². The largest absolute Gasteiger partial charge is 0.246 e. The van der Waals surface area contributed by atoms with E-state index in [1.165, 1.54) is 34.0 Å². The van der Waals surface area contributed by atoms with Crippen LogP contribution in [0.5, 0.6) is 0 Å². The SMILES string of the molecule is CC(C)N(Cc1cccs1)S(=O)(=O)c1cccnc1C#N. The maximum atomic E-state index is 12.8. The van der Waals surface area contributed by atoms with Crippen LogP contribution in [0.15, 0.2) is 40.7 Å². The second-order valence-corrected chi connectivity index (χ2v) is 7.58. The molecule has 0 amide bonds. The second kappa shape index (κ2) is 6.35. The molecule has 0 fully saturated rings. The minimum absolute atomic E-state index is 0.0437. The molecule has 0 unspecified atom stereocenters. The van der Waals surface area contributed by atoms with E-state index in [9.17, 15) is 8.42 Å². The maximum Gasteiger partial charge on any atom is 0.246 e. The topological polar surface area (TPSA) is 74.1 Å². The van der Waals surface area contributed by atoms with Crippen molar-refractivity contribution in [1.29, 1.82) is 5.26 Å². The van der Waals surface area contributed by atoms with Crippen LogP contribution in [0.3, 0.4) is 0 Å². The molecule has 21 heavy (non-hydrogen) atoms. The first-order valence-electron chi connectivity index (χ1n) is 6.36. The van der Waals surface area contributed by atoms with Crippen LogP contribution >= 0.6 is 11.3 Å². The van der Waals surface area contributed by atoms with E-state index in [2.05, 4.69) is 4.98 Å². The summed E-state index contributed by atoms with van der Waals surface area (Å²) in [5.74, 6) is 0. The molecule has 0 aromatic carbocycles. The molecule has 2 rings (SSSR count). The number of nitrogens with zero attached hydrogens (tertiary/aromatic N) is 3. The highest BCUT2D eigenvalue weighted by Gasteiger charge is 2.30. The van der Waals surface area contributed by atoms with Gasteiger partial charge in [0.2, 0.25) is 10.0 Å². The van der Waals surface area contributed by atoms with Crippen molar-refractivity contribution in [3.05, 3.63) is 46.4 Å². The average Bonchev–Trinajstić information content (AvgIpc) is 2.97. The number of hydrogen-bond donors (Lipinski definition) is 0. The van der Waals surface area contributed by atoms with Gasteiger partial charge in [-0.3, -0.25) is 0 Å². The van der Waals surface area contributed by atoms with Gasteiger partial charge >= 0.3 is 0 Å². The molecule has 0 saturated heterocycles. The Morgan fingerprint density at radius 1 is 1.38 bits per heavy atom. The lowest BCUT2D eigenvalue weighted by Crippen LogP contribution is -2.36. The first kappa shape index (κ1) is 15.6. The quantitative estimate of drug-likeness (QED) is 0.848. The van der Waals surface area contributed by atoms with Gasteiger partial charge in [-0.2, -0.15) is 9.57 Å². The summed E-state index contributed by atoms with van der Waals surface area (Å²) in [6.45, 7) is 3.92. The van der Waals surface area contributed by atoms with Crippen LogP contribution in [0, 0.1) is 11.3 Å². The van der Waals surface area contributed by atoms with Crippen molar-refractivity contribution in [2.45, 2.75) is 31.3 Å². The number of sulfonamides is 1. The predicted octanol–water partition coefficient (Wildman–Crippen LogP) is 2.61. The van der Waals surface area contributed by atoms with Crippen molar-refractivity contribution in [3.63, 3.8) is 0 Å². The lowest BCUT2D eigenvalue weighted by molar-refractivity contribution is 0.350. The van der Waals surface area contributed by atoms with Gasteiger partial charge in [0.05, 0.1) is 0 Å². The van der Waals surface area contributed by atoms with Gasteiger partial charge in [0.25, 0.3) is 0 Å². The van der Waals surface area contributed by atoms with E-state index >= 15 is 0 Å². The van der Waals surface area contributed by atoms with Gasteiger partial charge in [0.15, 0.2) is 5.69 Å². The molecule has 0 aliphatic carbocycles. The molecule has 2 aromatic rings. The smallest absolute Gasteiger partial charge is 0.244 e. The Bertz CT molecular complexity index is 747.